The first-order chi connectivity index (χ1) is 8.16. The third kappa shape index (κ3) is 3.13. The molecule has 1 heterocycles. The molecule has 17 heavy (non-hydrogen) atoms. The summed E-state index contributed by atoms with van der Waals surface area (Å²) in [5.74, 6) is 0.978. The van der Waals surface area contributed by atoms with E-state index in [2.05, 4.69) is 5.32 Å². The molecule has 3 heteroatoms. The summed E-state index contributed by atoms with van der Waals surface area (Å²) < 4.78 is 5.46. The van der Waals surface area contributed by atoms with Crippen molar-refractivity contribution in [2.75, 3.05) is 25.1 Å². The fourth-order valence-electron chi connectivity index (χ4n) is 2.21. The Morgan fingerprint density at radius 2 is 2.18 bits per heavy atom. The van der Waals surface area contributed by atoms with Gasteiger partial charge in [-0.1, -0.05) is 0 Å². The van der Waals surface area contributed by atoms with E-state index < -0.39 is 0 Å². The maximum Gasteiger partial charge on any atom is 0.118 e. The summed E-state index contributed by atoms with van der Waals surface area (Å²) in [6.45, 7) is 6.66. The Hall–Kier alpha value is -1.22. The number of nitrogens with one attached hydrogen (secondary N) is 1. The molecule has 0 saturated carbocycles. The smallest absolute Gasteiger partial charge is 0.118 e. The van der Waals surface area contributed by atoms with Gasteiger partial charge in [0.15, 0.2) is 0 Å². The lowest BCUT2D eigenvalue weighted by molar-refractivity contribution is 0.0595. The van der Waals surface area contributed by atoms with Gasteiger partial charge in [0, 0.05) is 18.8 Å². The second-order valence-corrected chi connectivity index (χ2v) is 4.92. The number of benzene rings is 1. The molecule has 0 radical (unpaired) electrons. The van der Waals surface area contributed by atoms with Gasteiger partial charge in [0.1, 0.15) is 5.75 Å². The number of aryl methyl sites for hydroxylation is 2. The molecule has 94 valence electrons. The van der Waals surface area contributed by atoms with E-state index in [-0.39, 0.29) is 0 Å². The standard InChI is InChI=1S/C14H21NO2/c1-10-7-14(16)11(2)6-13(10)15-8-12-4-3-5-17-9-12/h6-7,12,15-16H,3-5,8-9H2,1-2H3. The summed E-state index contributed by atoms with van der Waals surface area (Å²) in [5, 5.41) is 13.1. The topological polar surface area (TPSA) is 41.5 Å². The number of aromatic hydroxyl groups is 1. The summed E-state index contributed by atoms with van der Waals surface area (Å²) in [6, 6.07) is 3.82. The number of ether oxygens (including phenoxy) is 1. The molecule has 0 aromatic heterocycles. The molecule has 2 rings (SSSR count). The number of hydrogen-bond acceptors (Lipinski definition) is 3. The minimum atomic E-state index is 0.369. The zero-order valence-electron chi connectivity index (χ0n) is 10.6. The summed E-state index contributed by atoms with van der Waals surface area (Å²) in [6.07, 6.45) is 2.41. The average Bonchev–Trinajstić information content (AvgIpc) is 2.33. The van der Waals surface area contributed by atoms with Crippen LogP contribution in [0.1, 0.15) is 24.0 Å². The van der Waals surface area contributed by atoms with Gasteiger partial charge < -0.3 is 15.2 Å². The Morgan fingerprint density at radius 3 is 2.88 bits per heavy atom. The number of hydrogen-bond donors (Lipinski definition) is 2. The number of rotatable bonds is 3. The first-order valence-electron chi connectivity index (χ1n) is 6.28. The van der Waals surface area contributed by atoms with Crippen molar-refractivity contribution in [3.63, 3.8) is 0 Å². The van der Waals surface area contributed by atoms with Crippen molar-refractivity contribution in [3.05, 3.63) is 23.3 Å². The lowest BCUT2D eigenvalue weighted by Crippen LogP contribution is -2.24. The molecule has 1 aromatic rings. The van der Waals surface area contributed by atoms with Gasteiger partial charge in [0.05, 0.1) is 6.61 Å². The Bertz CT molecular complexity index is 384. The predicted octanol–water partition coefficient (Wildman–Crippen LogP) is 2.85. The van der Waals surface area contributed by atoms with Crippen LogP contribution in [-0.2, 0) is 4.74 Å². The normalized spacial score (nSPS) is 20.2. The molecule has 2 N–H and O–H groups in total. The fourth-order valence-corrected chi connectivity index (χ4v) is 2.21. The molecular weight excluding hydrogens is 214 g/mol. The SMILES string of the molecule is Cc1cc(NCC2CCCOC2)c(C)cc1O. The van der Waals surface area contributed by atoms with Crippen molar-refractivity contribution in [1.82, 2.24) is 0 Å². The van der Waals surface area contributed by atoms with E-state index in [1.54, 1.807) is 0 Å². The van der Waals surface area contributed by atoms with Gasteiger partial charge in [-0.15, -0.1) is 0 Å². The highest BCUT2D eigenvalue weighted by molar-refractivity contribution is 5.56. The second kappa shape index (κ2) is 5.41. The van der Waals surface area contributed by atoms with Crippen molar-refractivity contribution >= 4 is 5.69 Å². The molecule has 1 aromatic carbocycles. The van der Waals surface area contributed by atoms with E-state index in [1.165, 1.54) is 12.8 Å². The number of phenols is 1. The molecule has 3 nitrogen and oxygen atoms in total. The van der Waals surface area contributed by atoms with Crippen LogP contribution in [-0.4, -0.2) is 24.9 Å². The van der Waals surface area contributed by atoms with Crippen LogP contribution >= 0.6 is 0 Å². The molecule has 1 aliphatic rings. The molecule has 0 aliphatic carbocycles. The van der Waals surface area contributed by atoms with Gasteiger partial charge in [-0.2, -0.15) is 0 Å². The van der Waals surface area contributed by atoms with E-state index in [0.717, 1.165) is 36.6 Å². The summed E-state index contributed by atoms with van der Waals surface area (Å²) in [5.41, 5.74) is 3.12. The highest BCUT2D eigenvalue weighted by Crippen LogP contribution is 2.25. The van der Waals surface area contributed by atoms with Crippen LogP contribution in [0, 0.1) is 19.8 Å². The van der Waals surface area contributed by atoms with Crippen LogP contribution in [0.2, 0.25) is 0 Å². The van der Waals surface area contributed by atoms with Crippen LogP contribution in [0.4, 0.5) is 5.69 Å². The van der Waals surface area contributed by atoms with Crippen molar-refractivity contribution in [2.24, 2.45) is 5.92 Å². The number of phenolic OH excluding ortho intramolecular Hbond substituents is 1. The molecule has 1 fully saturated rings. The molecule has 0 bridgehead atoms. The first kappa shape index (κ1) is 12.2. The quantitative estimate of drug-likeness (QED) is 0.792. The summed E-state index contributed by atoms with van der Waals surface area (Å²) in [7, 11) is 0. The van der Waals surface area contributed by atoms with E-state index in [9.17, 15) is 5.11 Å². The Morgan fingerprint density at radius 1 is 1.35 bits per heavy atom. The summed E-state index contributed by atoms with van der Waals surface area (Å²) in [4.78, 5) is 0. The summed E-state index contributed by atoms with van der Waals surface area (Å²) >= 11 is 0. The lowest BCUT2D eigenvalue weighted by atomic mass is 10.0. The molecular formula is C14H21NO2. The fraction of sp³-hybridized carbons (Fsp3) is 0.571. The third-order valence-electron chi connectivity index (χ3n) is 3.38. The third-order valence-corrected chi connectivity index (χ3v) is 3.38. The number of anilines is 1. The zero-order chi connectivity index (χ0) is 12.3. The zero-order valence-corrected chi connectivity index (χ0v) is 10.6. The van der Waals surface area contributed by atoms with E-state index in [0.29, 0.717) is 11.7 Å². The average molecular weight is 235 g/mol. The van der Waals surface area contributed by atoms with Gasteiger partial charge >= 0.3 is 0 Å². The van der Waals surface area contributed by atoms with Gasteiger partial charge in [-0.05, 0) is 55.9 Å². The van der Waals surface area contributed by atoms with Crippen molar-refractivity contribution in [1.29, 1.82) is 0 Å². The minimum Gasteiger partial charge on any atom is -0.508 e. The van der Waals surface area contributed by atoms with Crippen molar-refractivity contribution in [2.45, 2.75) is 26.7 Å². The monoisotopic (exact) mass is 235 g/mol. The van der Waals surface area contributed by atoms with Crippen LogP contribution in [0.3, 0.4) is 0 Å². The van der Waals surface area contributed by atoms with Crippen LogP contribution in [0.25, 0.3) is 0 Å². The maximum atomic E-state index is 9.59. The lowest BCUT2D eigenvalue weighted by Gasteiger charge is -2.23. The van der Waals surface area contributed by atoms with E-state index in [4.69, 9.17) is 4.74 Å². The van der Waals surface area contributed by atoms with Gasteiger partial charge in [-0.25, -0.2) is 0 Å². The van der Waals surface area contributed by atoms with Crippen LogP contribution < -0.4 is 5.32 Å². The molecule has 1 saturated heterocycles. The van der Waals surface area contributed by atoms with Crippen molar-refractivity contribution in [3.8, 4) is 5.75 Å². The molecule has 0 amide bonds. The Labute approximate surface area is 103 Å². The van der Waals surface area contributed by atoms with Crippen molar-refractivity contribution < 1.29 is 9.84 Å². The second-order valence-electron chi connectivity index (χ2n) is 4.92. The van der Waals surface area contributed by atoms with Crippen LogP contribution in [0.15, 0.2) is 12.1 Å². The first-order valence-corrected chi connectivity index (χ1v) is 6.28. The highest BCUT2D eigenvalue weighted by Gasteiger charge is 2.14. The largest absolute Gasteiger partial charge is 0.508 e. The highest BCUT2D eigenvalue weighted by atomic mass is 16.5. The predicted molar refractivity (Wildman–Crippen MR) is 69.6 cm³/mol. The van der Waals surface area contributed by atoms with Gasteiger partial charge in [-0.3, -0.25) is 0 Å². The Balaban J connectivity index is 1.96. The van der Waals surface area contributed by atoms with Gasteiger partial charge in [0.25, 0.3) is 0 Å². The molecule has 1 aliphatic heterocycles. The van der Waals surface area contributed by atoms with E-state index >= 15 is 0 Å². The van der Waals surface area contributed by atoms with Crippen LogP contribution in [0.5, 0.6) is 5.75 Å². The van der Waals surface area contributed by atoms with Gasteiger partial charge in [0.2, 0.25) is 0 Å². The minimum absolute atomic E-state index is 0.369. The molecule has 1 atom stereocenters. The maximum absolute atomic E-state index is 9.59. The van der Waals surface area contributed by atoms with E-state index in [1.807, 2.05) is 26.0 Å². The Kier molecular flexibility index (Phi) is 3.89. The molecule has 1 unspecified atom stereocenters. The molecule has 0 spiro atoms.